The summed E-state index contributed by atoms with van der Waals surface area (Å²) in [7, 11) is -1.80. The number of aliphatic carboxylic acids is 1. The van der Waals surface area contributed by atoms with Crippen LogP contribution in [0.2, 0.25) is 0 Å². The quantitative estimate of drug-likeness (QED) is 0.591. The summed E-state index contributed by atoms with van der Waals surface area (Å²) in [5.41, 5.74) is 0. The fraction of sp³-hybridized carbons (Fsp3) is 0.875. The second kappa shape index (κ2) is 6.76. The van der Waals surface area contributed by atoms with Gasteiger partial charge in [0.1, 0.15) is 0 Å². The van der Waals surface area contributed by atoms with Crippen molar-refractivity contribution in [3.05, 3.63) is 0 Å². The van der Waals surface area contributed by atoms with Crippen molar-refractivity contribution >= 4 is 16.0 Å². The highest BCUT2D eigenvalue weighted by molar-refractivity contribution is 7.88. The summed E-state index contributed by atoms with van der Waals surface area (Å²) in [6, 6.07) is 0. The molecule has 0 spiro atoms. The van der Waals surface area contributed by atoms with Gasteiger partial charge in [-0.15, -0.1) is 0 Å². The van der Waals surface area contributed by atoms with E-state index < -0.39 is 16.0 Å². The molecular formula is C8H17NO5S. The summed E-state index contributed by atoms with van der Waals surface area (Å²) in [5, 5.41) is 8.45. The van der Waals surface area contributed by atoms with Crippen LogP contribution >= 0.6 is 0 Å². The minimum atomic E-state index is -3.33. The molecule has 0 amide bonds. The summed E-state index contributed by atoms with van der Waals surface area (Å²) >= 11 is 0. The lowest BCUT2D eigenvalue weighted by atomic mass is 10.4. The standard InChI is InChI=1S/C8H17NO5S/c1-14-7-3-5-9(15(2,12)13)6-4-8(10)11/h3-7H2,1-2H3,(H,10,11). The maximum atomic E-state index is 11.2. The van der Waals surface area contributed by atoms with Crippen molar-refractivity contribution in [2.45, 2.75) is 12.8 Å². The molecule has 0 aromatic carbocycles. The predicted molar refractivity (Wildman–Crippen MR) is 55.2 cm³/mol. The molecule has 15 heavy (non-hydrogen) atoms. The second-order valence-corrected chi connectivity index (χ2v) is 5.13. The van der Waals surface area contributed by atoms with E-state index in [1.807, 2.05) is 0 Å². The van der Waals surface area contributed by atoms with E-state index in [0.717, 1.165) is 10.6 Å². The summed E-state index contributed by atoms with van der Waals surface area (Å²) in [5.74, 6) is -1.00. The number of carboxylic acid groups (broad SMARTS) is 1. The van der Waals surface area contributed by atoms with Gasteiger partial charge in [0, 0.05) is 26.8 Å². The van der Waals surface area contributed by atoms with E-state index in [2.05, 4.69) is 0 Å². The van der Waals surface area contributed by atoms with Crippen LogP contribution < -0.4 is 0 Å². The number of nitrogens with zero attached hydrogens (tertiary/aromatic N) is 1. The molecule has 0 unspecified atom stereocenters. The Bertz CT molecular complexity index is 287. The van der Waals surface area contributed by atoms with E-state index in [1.165, 1.54) is 7.11 Å². The maximum Gasteiger partial charge on any atom is 0.304 e. The zero-order chi connectivity index (χ0) is 11.9. The van der Waals surface area contributed by atoms with Crippen LogP contribution in [0.25, 0.3) is 0 Å². The monoisotopic (exact) mass is 239 g/mol. The number of hydrogen-bond acceptors (Lipinski definition) is 4. The van der Waals surface area contributed by atoms with Gasteiger partial charge in [-0.2, -0.15) is 0 Å². The Morgan fingerprint density at radius 3 is 2.40 bits per heavy atom. The molecule has 0 saturated carbocycles. The van der Waals surface area contributed by atoms with Crippen molar-refractivity contribution in [3.8, 4) is 0 Å². The number of carboxylic acids is 1. The van der Waals surface area contributed by atoms with Crippen LogP contribution in [0, 0.1) is 0 Å². The van der Waals surface area contributed by atoms with Crippen LogP contribution in [0.3, 0.4) is 0 Å². The van der Waals surface area contributed by atoms with Gasteiger partial charge in [-0.1, -0.05) is 0 Å². The van der Waals surface area contributed by atoms with Gasteiger partial charge < -0.3 is 9.84 Å². The largest absolute Gasteiger partial charge is 0.481 e. The van der Waals surface area contributed by atoms with Gasteiger partial charge >= 0.3 is 5.97 Å². The third kappa shape index (κ3) is 7.29. The number of hydrogen-bond donors (Lipinski definition) is 1. The lowest BCUT2D eigenvalue weighted by Crippen LogP contribution is -2.33. The molecule has 0 heterocycles. The minimum absolute atomic E-state index is 0.0118. The molecule has 0 aromatic rings. The highest BCUT2D eigenvalue weighted by Crippen LogP contribution is 2.01. The first-order chi connectivity index (χ1) is 6.88. The number of methoxy groups -OCH3 is 1. The van der Waals surface area contributed by atoms with E-state index >= 15 is 0 Å². The summed E-state index contributed by atoms with van der Waals surface area (Å²) < 4.78 is 28.4. The van der Waals surface area contributed by atoms with E-state index in [9.17, 15) is 13.2 Å². The fourth-order valence-corrected chi connectivity index (χ4v) is 1.93. The Kier molecular flexibility index (Phi) is 6.46. The molecule has 0 bridgehead atoms. The van der Waals surface area contributed by atoms with Gasteiger partial charge in [-0.3, -0.25) is 4.79 Å². The van der Waals surface area contributed by atoms with Crippen molar-refractivity contribution in [1.29, 1.82) is 0 Å². The van der Waals surface area contributed by atoms with E-state index in [0.29, 0.717) is 19.6 Å². The molecule has 0 saturated heterocycles. The third-order valence-electron chi connectivity index (χ3n) is 1.80. The lowest BCUT2D eigenvalue weighted by molar-refractivity contribution is -0.137. The van der Waals surface area contributed by atoms with Gasteiger partial charge in [0.15, 0.2) is 0 Å². The highest BCUT2D eigenvalue weighted by Gasteiger charge is 2.16. The molecule has 0 aromatic heterocycles. The Labute approximate surface area is 89.9 Å². The number of ether oxygens (including phenoxy) is 1. The molecular weight excluding hydrogens is 222 g/mol. The number of sulfonamides is 1. The zero-order valence-corrected chi connectivity index (χ0v) is 9.79. The molecule has 0 aliphatic carbocycles. The molecule has 0 aliphatic heterocycles. The molecule has 0 aliphatic rings. The Morgan fingerprint density at radius 1 is 1.40 bits per heavy atom. The van der Waals surface area contributed by atoms with Gasteiger partial charge in [0.25, 0.3) is 0 Å². The van der Waals surface area contributed by atoms with E-state index in [4.69, 9.17) is 9.84 Å². The topological polar surface area (TPSA) is 83.9 Å². The van der Waals surface area contributed by atoms with Crippen molar-refractivity contribution in [3.63, 3.8) is 0 Å². The Balaban J connectivity index is 4.14. The third-order valence-corrected chi connectivity index (χ3v) is 3.10. The van der Waals surface area contributed by atoms with Crippen molar-refractivity contribution < 1.29 is 23.1 Å². The molecule has 1 N–H and O–H groups in total. The van der Waals surface area contributed by atoms with Gasteiger partial charge in [0.05, 0.1) is 12.7 Å². The molecule has 0 atom stereocenters. The Hall–Kier alpha value is -0.660. The highest BCUT2D eigenvalue weighted by atomic mass is 32.2. The molecule has 6 nitrogen and oxygen atoms in total. The van der Waals surface area contributed by atoms with Crippen LogP contribution in [-0.2, 0) is 19.6 Å². The number of rotatable bonds is 8. The first-order valence-corrected chi connectivity index (χ1v) is 6.38. The predicted octanol–water partition coefficient (Wildman–Crippen LogP) is -0.241. The number of carbonyl (C=O) groups is 1. The van der Waals surface area contributed by atoms with Crippen molar-refractivity contribution in [1.82, 2.24) is 4.31 Å². The second-order valence-electron chi connectivity index (χ2n) is 3.15. The summed E-state index contributed by atoms with van der Waals surface area (Å²) in [6.45, 7) is 0.761. The van der Waals surface area contributed by atoms with Crippen LogP contribution in [-0.4, -0.2) is 56.9 Å². The van der Waals surface area contributed by atoms with Crippen molar-refractivity contribution in [2.24, 2.45) is 0 Å². The molecule has 7 heteroatoms. The normalized spacial score (nSPS) is 11.9. The first-order valence-electron chi connectivity index (χ1n) is 4.53. The SMILES string of the molecule is COCCCN(CCC(=O)O)S(C)(=O)=O. The van der Waals surface area contributed by atoms with Crippen LogP contribution in [0.5, 0.6) is 0 Å². The minimum Gasteiger partial charge on any atom is -0.481 e. The Morgan fingerprint density at radius 2 is 2.00 bits per heavy atom. The molecule has 0 rings (SSSR count). The van der Waals surface area contributed by atoms with Gasteiger partial charge in [0.2, 0.25) is 10.0 Å². The summed E-state index contributed by atoms with van der Waals surface area (Å²) in [6.07, 6.45) is 1.45. The summed E-state index contributed by atoms with van der Waals surface area (Å²) in [4.78, 5) is 10.3. The van der Waals surface area contributed by atoms with E-state index in [-0.39, 0.29) is 13.0 Å². The van der Waals surface area contributed by atoms with Crippen LogP contribution in [0.4, 0.5) is 0 Å². The van der Waals surface area contributed by atoms with Crippen LogP contribution in [0.1, 0.15) is 12.8 Å². The molecule has 0 fully saturated rings. The smallest absolute Gasteiger partial charge is 0.304 e. The average molecular weight is 239 g/mol. The maximum absolute atomic E-state index is 11.2. The van der Waals surface area contributed by atoms with Gasteiger partial charge in [-0.05, 0) is 6.42 Å². The van der Waals surface area contributed by atoms with Crippen LogP contribution in [0.15, 0.2) is 0 Å². The van der Waals surface area contributed by atoms with Crippen molar-refractivity contribution in [2.75, 3.05) is 33.1 Å². The first kappa shape index (κ1) is 14.3. The zero-order valence-electron chi connectivity index (χ0n) is 8.97. The molecule has 90 valence electrons. The van der Waals surface area contributed by atoms with E-state index in [1.54, 1.807) is 0 Å². The molecule has 0 radical (unpaired) electrons. The fourth-order valence-electron chi connectivity index (χ4n) is 1.05. The van der Waals surface area contributed by atoms with Gasteiger partial charge in [-0.25, -0.2) is 12.7 Å². The average Bonchev–Trinajstić information content (AvgIpc) is 2.08. The lowest BCUT2D eigenvalue weighted by Gasteiger charge is -2.18.